The van der Waals surface area contributed by atoms with Crippen molar-refractivity contribution in [2.75, 3.05) is 13.2 Å². The van der Waals surface area contributed by atoms with E-state index in [4.69, 9.17) is 10.5 Å². The van der Waals surface area contributed by atoms with Crippen LogP contribution in [0, 0.1) is 6.92 Å². The SMILES string of the molecule is Cc1ccccc1OCCN=C(N)NC(C)(C)C. The van der Waals surface area contributed by atoms with Gasteiger partial charge in [0.25, 0.3) is 0 Å². The molecule has 0 amide bonds. The van der Waals surface area contributed by atoms with Crippen molar-refractivity contribution >= 4 is 5.96 Å². The standard InChI is InChI=1S/C14H23N3O/c1-11-7-5-6-8-12(11)18-10-9-16-13(15)17-14(2,3)4/h5-8H,9-10H2,1-4H3,(H3,15,16,17). The summed E-state index contributed by atoms with van der Waals surface area (Å²) in [6.07, 6.45) is 0. The molecule has 0 aliphatic heterocycles. The lowest BCUT2D eigenvalue weighted by atomic mass is 10.1. The Morgan fingerprint density at radius 3 is 2.61 bits per heavy atom. The molecule has 18 heavy (non-hydrogen) atoms. The van der Waals surface area contributed by atoms with Crippen molar-refractivity contribution in [3.05, 3.63) is 29.8 Å². The second-order valence-corrected chi connectivity index (χ2v) is 5.26. The molecule has 0 bridgehead atoms. The number of aliphatic imine (C=N–C) groups is 1. The summed E-state index contributed by atoms with van der Waals surface area (Å²) < 4.78 is 5.63. The molecule has 3 N–H and O–H groups in total. The Morgan fingerprint density at radius 1 is 1.33 bits per heavy atom. The second kappa shape index (κ2) is 6.28. The summed E-state index contributed by atoms with van der Waals surface area (Å²) in [7, 11) is 0. The summed E-state index contributed by atoms with van der Waals surface area (Å²) in [5, 5.41) is 3.10. The van der Waals surface area contributed by atoms with Crippen molar-refractivity contribution in [2.24, 2.45) is 10.7 Å². The molecular weight excluding hydrogens is 226 g/mol. The van der Waals surface area contributed by atoms with Gasteiger partial charge in [0.1, 0.15) is 12.4 Å². The second-order valence-electron chi connectivity index (χ2n) is 5.26. The van der Waals surface area contributed by atoms with Crippen molar-refractivity contribution in [3.63, 3.8) is 0 Å². The molecule has 1 aromatic carbocycles. The van der Waals surface area contributed by atoms with Crippen LogP contribution >= 0.6 is 0 Å². The average Bonchev–Trinajstić information content (AvgIpc) is 2.24. The summed E-state index contributed by atoms with van der Waals surface area (Å²) in [4.78, 5) is 4.21. The van der Waals surface area contributed by atoms with E-state index in [0.29, 0.717) is 19.1 Å². The van der Waals surface area contributed by atoms with Crippen molar-refractivity contribution in [1.82, 2.24) is 5.32 Å². The Morgan fingerprint density at radius 2 is 2.00 bits per heavy atom. The van der Waals surface area contributed by atoms with Gasteiger partial charge < -0.3 is 15.8 Å². The van der Waals surface area contributed by atoms with E-state index in [0.717, 1.165) is 11.3 Å². The summed E-state index contributed by atoms with van der Waals surface area (Å²) >= 11 is 0. The van der Waals surface area contributed by atoms with Gasteiger partial charge in [0.05, 0.1) is 6.54 Å². The maximum absolute atomic E-state index is 5.75. The van der Waals surface area contributed by atoms with Gasteiger partial charge in [0.2, 0.25) is 0 Å². The van der Waals surface area contributed by atoms with Crippen LogP contribution in [0.4, 0.5) is 0 Å². The number of rotatable bonds is 4. The van der Waals surface area contributed by atoms with Gasteiger partial charge in [-0.1, -0.05) is 18.2 Å². The molecule has 0 fully saturated rings. The molecule has 0 aromatic heterocycles. The lowest BCUT2D eigenvalue weighted by molar-refractivity contribution is 0.326. The minimum Gasteiger partial charge on any atom is -0.491 e. The van der Waals surface area contributed by atoms with Gasteiger partial charge in [0.15, 0.2) is 5.96 Å². The zero-order valence-electron chi connectivity index (χ0n) is 11.7. The quantitative estimate of drug-likeness (QED) is 0.488. The van der Waals surface area contributed by atoms with E-state index in [-0.39, 0.29) is 5.54 Å². The van der Waals surface area contributed by atoms with E-state index < -0.39 is 0 Å². The molecule has 4 heteroatoms. The van der Waals surface area contributed by atoms with Crippen LogP contribution < -0.4 is 15.8 Å². The minimum absolute atomic E-state index is 0.0650. The summed E-state index contributed by atoms with van der Waals surface area (Å²) in [5.41, 5.74) is 6.81. The van der Waals surface area contributed by atoms with Gasteiger partial charge in [-0.3, -0.25) is 0 Å². The Bertz CT molecular complexity index is 408. The average molecular weight is 249 g/mol. The van der Waals surface area contributed by atoms with E-state index in [2.05, 4.69) is 10.3 Å². The monoisotopic (exact) mass is 249 g/mol. The number of benzene rings is 1. The maximum Gasteiger partial charge on any atom is 0.189 e. The molecule has 1 aromatic rings. The van der Waals surface area contributed by atoms with Crippen LogP contribution in [0.3, 0.4) is 0 Å². The van der Waals surface area contributed by atoms with Gasteiger partial charge >= 0.3 is 0 Å². The van der Waals surface area contributed by atoms with Crippen LogP contribution in [-0.2, 0) is 0 Å². The Hall–Kier alpha value is -1.71. The number of guanidine groups is 1. The first-order chi connectivity index (χ1) is 8.38. The molecular formula is C14H23N3O. The molecule has 0 radical (unpaired) electrons. The third kappa shape index (κ3) is 5.57. The predicted octanol–water partition coefficient (Wildman–Crippen LogP) is 2.08. The van der Waals surface area contributed by atoms with E-state index >= 15 is 0 Å². The number of hydrogen-bond acceptors (Lipinski definition) is 2. The molecule has 1 rings (SSSR count). The topological polar surface area (TPSA) is 59.6 Å². The van der Waals surface area contributed by atoms with Crippen LogP contribution in [0.1, 0.15) is 26.3 Å². The normalized spacial score (nSPS) is 12.3. The molecule has 4 nitrogen and oxygen atoms in total. The molecule has 0 heterocycles. The zero-order chi connectivity index (χ0) is 13.6. The lowest BCUT2D eigenvalue weighted by Gasteiger charge is -2.21. The first-order valence-corrected chi connectivity index (χ1v) is 6.15. The molecule has 0 saturated heterocycles. The van der Waals surface area contributed by atoms with Gasteiger partial charge in [-0.2, -0.15) is 0 Å². The molecule has 0 spiro atoms. The van der Waals surface area contributed by atoms with Crippen molar-refractivity contribution in [3.8, 4) is 5.75 Å². The highest BCUT2D eigenvalue weighted by Gasteiger charge is 2.09. The fourth-order valence-electron chi connectivity index (χ4n) is 1.46. The van der Waals surface area contributed by atoms with E-state index in [1.165, 1.54) is 0 Å². The van der Waals surface area contributed by atoms with Crippen LogP contribution in [-0.4, -0.2) is 24.7 Å². The minimum atomic E-state index is -0.0650. The van der Waals surface area contributed by atoms with Crippen LogP contribution in [0.2, 0.25) is 0 Å². The highest BCUT2D eigenvalue weighted by atomic mass is 16.5. The van der Waals surface area contributed by atoms with E-state index in [9.17, 15) is 0 Å². The first-order valence-electron chi connectivity index (χ1n) is 6.15. The van der Waals surface area contributed by atoms with Gasteiger partial charge in [-0.05, 0) is 39.3 Å². The van der Waals surface area contributed by atoms with Crippen LogP contribution in [0.5, 0.6) is 5.75 Å². The number of aryl methyl sites for hydroxylation is 1. The molecule has 100 valence electrons. The van der Waals surface area contributed by atoms with Crippen molar-refractivity contribution in [2.45, 2.75) is 33.2 Å². The Balaban J connectivity index is 2.35. The first kappa shape index (κ1) is 14.4. The maximum atomic E-state index is 5.75. The van der Waals surface area contributed by atoms with Crippen LogP contribution in [0.25, 0.3) is 0 Å². The Labute approximate surface area is 109 Å². The largest absolute Gasteiger partial charge is 0.491 e. The molecule has 0 unspecified atom stereocenters. The lowest BCUT2D eigenvalue weighted by Crippen LogP contribution is -2.45. The van der Waals surface area contributed by atoms with Gasteiger partial charge in [0, 0.05) is 5.54 Å². The highest BCUT2D eigenvalue weighted by Crippen LogP contribution is 2.15. The summed E-state index contributed by atoms with van der Waals surface area (Å²) in [6, 6.07) is 7.93. The fraction of sp³-hybridized carbons (Fsp3) is 0.500. The Kier molecular flexibility index (Phi) is 5.01. The number of nitrogens with two attached hydrogens (primary N) is 1. The third-order valence-corrected chi connectivity index (χ3v) is 2.23. The highest BCUT2D eigenvalue weighted by molar-refractivity contribution is 5.78. The summed E-state index contributed by atoms with van der Waals surface area (Å²) in [6.45, 7) is 9.21. The van der Waals surface area contributed by atoms with Crippen LogP contribution in [0.15, 0.2) is 29.3 Å². The summed E-state index contributed by atoms with van der Waals surface area (Å²) in [5.74, 6) is 1.35. The molecule has 0 saturated carbocycles. The molecule has 0 atom stereocenters. The molecule has 0 aliphatic carbocycles. The number of nitrogens with zero attached hydrogens (tertiary/aromatic N) is 1. The van der Waals surface area contributed by atoms with Crippen molar-refractivity contribution < 1.29 is 4.74 Å². The third-order valence-electron chi connectivity index (χ3n) is 2.23. The van der Waals surface area contributed by atoms with E-state index in [1.54, 1.807) is 0 Å². The number of para-hydroxylation sites is 1. The number of nitrogens with one attached hydrogen (secondary N) is 1. The number of ether oxygens (including phenoxy) is 1. The number of hydrogen-bond donors (Lipinski definition) is 2. The smallest absolute Gasteiger partial charge is 0.189 e. The van der Waals surface area contributed by atoms with Gasteiger partial charge in [-0.15, -0.1) is 0 Å². The van der Waals surface area contributed by atoms with E-state index in [1.807, 2.05) is 52.0 Å². The molecule has 0 aliphatic rings. The zero-order valence-corrected chi connectivity index (χ0v) is 11.7. The predicted molar refractivity (Wildman–Crippen MR) is 76.1 cm³/mol. The van der Waals surface area contributed by atoms with Crippen molar-refractivity contribution in [1.29, 1.82) is 0 Å². The van der Waals surface area contributed by atoms with Gasteiger partial charge in [-0.25, -0.2) is 4.99 Å². The fourth-order valence-corrected chi connectivity index (χ4v) is 1.46.